The Morgan fingerprint density at radius 2 is 1.84 bits per heavy atom. The molecule has 0 saturated heterocycles. The molecule has 0 radical (unpaired) electrons. The number of carbonyl (C=O) groups is 1. The smallest absolute Gasteiger partial charge is 0.264 e. The van der Waals surface area contributed by atoms with Crippen LogP contribution in [0.25, 0.3) is 0 Å². The molecule has 1 amide bonds. The topological polar surface area (TPSA) is 66.5 Å². The van der Waals surface area contributed by atoms with Gasteiger partial charge in [0, 0.05) is 10.5 Å². The van der Waals surface area contributed by atoms with Crippen LogP contribution in [0.2, 0.25) is 0 Å². The van der Waals surface area contributed by atoms with Gasteiger partial charge in [-0.1, -0.05) is 47.1 Å². The highest BCUT2D eigenvalue weighted by atomic mass is 79.9. The quantitative estimate of drug-likeness (QED) is 0.738. The number of hydrogen-bond donors (Lipinski definition) is 1. The van der Waals surface area contributed by atoms with E-state index in [0.717, 1.165) is 15.2 Å². The van der Waals surface area contributed by atoms with Gasteiger partial charge in [-0.15, -0.1) is 0 Å². The predicted octanol–water partition coefficient (Wildman–Crippen LogP) is 3.56. The van der Waals surface area contributed by atoms with Crippen molar-refractivity contribution in [3.63, 3.8) is 0 Å². The van der Waals surface area contributed by atoms with Crippen molar-refractivity contribution in [2.75, 3.05) is 10.8 Å². The van der Waals surface area contributed by atoms with Crippen molar-refractivity contribution in [3.05, 3.63) is 59.1 Å². The summed E-state index contributed by atoms with van der Waals surface area (Å²) >= 11 is 3.35. The van der Waals surface area contributed by atoms with E-state index in [1.807, 2.05) is 13.8 Å². The fraction of sp³-hybridized carbons (Fsp3) is 0.278. The van der Waals surface area contributed by atoms with E-state index in [1.54, 1.807) is 42.5 Å². The van der Waals surface area contributed by atoms with Crippen LogP contribution in [0.4, 0.5) is 5.69 Å². The van der Waals surface area contributed by atoms with Gasteiger partial charge in [0.25, 0.3) is 10.0 Å². The number of sulfonamides is 1. The summed E-state index contributed by atoms with van der Waals surface area (Å²) in [5.74, 6) is -0.339. The van der Waals surface area contributed by atoms with Crippen molar-refractivity contribution in [3.8, 4) is 0 Å². The maximum Gasteiger partial charge on any atom is 0.264 e. The molecule has 5 nitrogen and oxygen atoms in total. The van der Waals surface area contributed by atoms with Gasteiger partial charge >= 0.3 is 0 Å². The van der Waals surface area contributed by atoms with E-state index in [0.29, 0.717) is 5.69 Å². The number of halogens is 1. The maximum absolute atomic E-state index is 13.1. The summed E-state index contributed by atoms with van der Waals surface area (Å²) in [4.78, 5) is 12.5. The van der Waals surface area contributed by atoms with Crippen LogP contribution in [-0.4, -0.2) is 26.9 Å². The number of nitrogens with zero attached hydrogens (tertiary/aromatic N) is 1. The lowest BCUT2D eigenvalue weighted by Crippen LogP contribution is -2.43. The van der Waals surface area contributed by atoms with E-state index < -0.39 is 10.0 Å². The van der Waals surface area contributed by atoms with Crippen molar-refractivity contribution in [2.45, 2.75) is 31.2 Å². The van der Waals surface area contributed by atoms with E-state index in [2.05, 4.69) is 21.2 Å². The molecule has 134 valence electrons. The summed E-state index contributed by atoms with van der Waals surface area (Å²) in [5.41, 5.74) is 0.428. The first-order chi connectivity index (χ1) is 11.8. The average Bonchev–Trinajstić information content (AvgIpc) is 2.60. The first-order valence-corrected chi connectivity index (χ1v) is 10.2. The van der Waals surface area contributed by atoms with E-state index in [4.69, 9.17) is 0 Å². The molecule has 7 heteroatoms. The van der Waals surface area contributed by atoms with Gasteiger partial charge in [0.1, 0.15) is 6.54 Å². The zero-order valence-electron chi connectivity index (χ0n) is 14.1. The molecular weight excluding hydrogens is 404 g/mol. The highest BCUT2D eigenvalue weighted by Gasteiger charge is 2.27. The molecule has 2 aromatic carbocycles. The summed E-state index contributed by atoms with van der Waals surface area (Å²) in [6.07, 6.45) is 0.772. The van der Waals surface area contributed by atoms with Gasteiger partial charge in [0.05, 0.1) is 10.6 Å². The number of benzene rings is 2. The van der Waals surface area contributed by atoms with Crippen LogP contribution in [0, 0.1) is 0 Å². The molecule has 0 spiro atoms. The molecular formula is C18H21BrN2O3S. The summed E-state index contributed by atoms with van der Waals surface area (Å²) < 4.78 is 28.0. The van der Waals surface area contributed by atoms with Crippen molar-refractivity contribution < 1.29 is 13.2 Å². The maximum atomic E-state index is 13.1. The van der Waals surface area contributed by atoms with Crippen molar-refractivity contribution in [1.29, 1.82) is 0 Å². The fourth-order valence-corrected chi connectivity index (χ4v) is 4.04. The SMILES string of the molecule is CC[C@@H](C)NC(=O)CN(c1cccc(Br)c1)S(=O)(=O)c1ccccc1. The summed E-state index contributed by atoms with van der Waals surface area (Å²) in [5, 5.41) is 2.81. The molecule has 0 aromatic heterocycles. The third-order valence-corrected chi connectivity index (χ3v) is 6.02. The van der Waals surface area contributed by atoms with Crippen molar-refractivity contribution >= 4 is 37.5 Å². The Morgan fingerprint density at radius 3 is 2.44 bits per heavy atom. The van der Waals surface area contributed by atoms with Crippen LogP contribution in [0.1, 0.15) is 20.3 Å². The minimum atomic E-state index is -3.86. The Bertz CT molecular complexity index is 825. The molecule has 0 heterocycles. The van der Waals surface area contributed by atoms with Gasteiger partial charge in [-0.2, -0.15) is 0 Å². The van der Waals surface area contributed by atoms with Crippen LogP contribution in [0.15, 0.2) is 64.0 Å². The second kappa shape index (κ2) is 8.49. The molecule has 2 rings (SSSR count). The van der Waals surface area contributed by atoms with Crippen LogP contribution in [0.5, 0.6) is 0 Å². The normalized spacial score (nSPS) is 12.4. The number of rotatable bonds is 7. The lowest BCUT2D eigenvalue weighted by Gasteiger charge is -2.25. The minimum absolute atomic E-state index is 0.0173. The zero-order valence-corrected chi connectivity index (χ0v) is 16.5. The third kappa shape index (κ3) is 5.06. The Kier molecular flexibility index (Phi) is 6.61. The number of anilines is 1. The molecule has 0 aliphatic carbocycles. The van der Waals surface area contributed by atoms with Gasteiger partial charge < -0.3 is 5.32 Å². The Morgan fingerprint density at radius 1 is 1.16 bits per heavy atom. The van der Waals surface area contributed by atoms with E-state index in [-0.39, 0.29) is 23.4 Å². The van der Waals surface area contributed by atoms with Crippen LogP contribution < -0.4 is 9.62 Å². The molecule has 1 N–H and O–H groups in total. The number of nitrogens with one attached hydrogen (secondary N) is 1. The lowest BCUT2D eigenvalue weighted by atomic mass is 10.2. The summed E-state index contributed by atoms with van der Waals surface area (Å²) in [7, 11) is -3.86. The molecule has 2 aromatic rings. The minimum Gasteiger partial charge on any atom is -0.352 e. The second-order valence-corrected chi connectivity index (χ2v) is 8.46. The molecule has 0 bridgehead atoms. The average molecular weight is 425 g/mol. The summed E-state index contributed by atoms with van der Waals surface area (Å²) in [6, 6.07) is 15.0. The number of hydrogen-bond acceptors (Lipinski definition) is 3. The van der Waals surface area contributed by atoms with Gasteiger partial charge in [-0.25, -0.2) is 8.42 Å². The zero-order chi connectivity index (χ0) is 18.4. The molecule has 0 unspecified atom stereocenters. The first kappa shape index (κ1) is 19.5. The monoisotopic (exact) mass is 424 g/mol. The van der Waals surface area contributed by atoms with Gasteiger partial charge in [-0.3, -0.25) is 9.10 Å². The van der Waals surface area contributed by atoms with E-state index >= 15 is 0 Å². The van der Waals surface area contributed by atoms with Crippen LogP contribution in [0.3, 0.4) is 0 Å². The number of amides is 1. The largest absolute Gasteiger partial charge is 0.352 e. The lowest BCUT2D eigenvalue weighted by molar-refractivity contribution is -0.120. The highest BCUT2D eigenvalue weighted by molar-refractivity contribution is 9.10. The fourth-order valence-electron chi connectivity index (χ4n) is 2.22. The Balaban J connectivity index is 2.41. The standard InChI is InChI=1S/C18H21BrN2O3S/c1-3-14(2)20-18(22)13-21(16-9-7-8-15(19)12-16)25(23,24)17-10-5-4-6-11-17/h4-12,14H,3,13H2,1-2H3,(H,20,22)/t14-/m1/s1. The van der Waals surface area contributed by atoms with Crippen LogP contribution >= 0.6 is 15.9 Å². The van der Waals surface area contributed by atoms with E-state index in [9.17, 15) is 13.2 Å². The third-order valence-electron chi connectivity index (χ3n) is 3.73. The molecule has 0 fully saturated rings. The Hall–Kier alpha value is -1.86. The Labute approximate surface area is 157 Å². The van der Waals surface area contributed by atoms with Crippen molar-refractivity contribution in [2.24, 2.45) is 0 Å². The second-order valence-electron chi connectivity index (χ2n) is 5.68. The van der Waals surface area contributed by atoms with Crippen molar-refractivity contribution in [1.82, 2.24) is 5.32 Å². The van der Waals surface area contributed by atoms with Crippen LogP contribution in [-0.2, 0) is 14.8 Å². The summed E-state index contributed by atoms with van der Waals surface area (Å²) in [6.45, 7) is 3.56. The highest BCUT2D eigenvalue weighted by Crippen LogP contribution is 2.26. The molecule has 0 aliphatic heterocycles. The molecule has 25 heavy (non-hydrogen) atoms. The molecule has 1 atom stereocenters. The van der Waals surface area contributed by atoms with Gasteiger partial charge in [0.2, 0.25) is 5.91 Å². The molecule has 0 saturated carbocycles. The number of carbonyl (C=O) groups excluding carboxylic acids is 1. The molecule has 0 aliphatic rings. The predicted molar refractivity (Wildman–Crippen MR) is 103 cm³/mol. The first-order valence-electron chi connectivity index (χ1n) is 7.97. The van der Waals surface area contributed by atoms with Gasteiger partial charge in [0.15, 0.2) is 0 Å². The van der Waals surface area contributed by atoms with Gasteiger partial charge in [-0.05, 0) is 43.7 Å². The van der Waals surface area contributed by atoms with E-state index in [1.165, 1.54) is 12.1 Å².